The molecule has 1 fully saturated rings. The summed E-state index contributed by atoms with van der Waals surface area (Å²) in [6.07, 6.45) is 2.36. The zero-order chi connectivity index (χ0) is 26.6. The molecule has 14 heteroatoms. The number of methoxy groups -OCH3 is 3. The summed E-state index contributed by atoms with van der Waals surface area (Å²) in [6.45, 7) is 4.38. The fourth-order valence-corrected chi connectivity index (χ4v) is 5.13. The first kappa shape index (κ1) is 26.6. The van der Waals surface area contributed by atoms with Crippen molar-refractivity contribution in [2.24, 2.45) is 0 Å². The second-order valence-corrected chi connectivity index (χ2v) is 10.3. The molecule has 1 N–H and O–H groups in total. The van der Waals surface area contributed by atoms with E-state index < -0.39 is 27.3 Å². The molecule has 1 aromatic carbocycles. The molecule has 3 aromatic rings. The van der Waals surface area contributed by atoms with E-state index in [9.17, 15) is 8.42 Å². The molecule has 2 aromatic heterocycles. The van der Waals surface area contributed by atoms with E-state index in [1.807, 2.05) is 0 Å². The number of ether oxygens (including phenoxy) is 5. The van der Waals surface area contributed by atoms with Crippen LogP contribution < -0.4 is 18.9 Å². The van der Waals surface area contributed by atoms with E-state index in [1.165, 1.54) is 38.3 Å². The van der Waals surface area contributed by atoms with E-state index in [4.69, 9.17) is 23.7 Å². The Morgan fingerprint density at radius 1 is 1.03 bits per heavy atom. The predicted molar refractivity (Wildman–Crippen MR) is 133 cm³/mol. The molecule has 0 bridgehead atoms. The van der Waals surface area contributed by atoms with Crippen molar-refractivity contribution in [2.75, 3.05) is 45.9 Å². The highest BCUT2D eigenvalue weighted by Crippen LogP contribution is 2.37. The highest BCUT2D eigenvalue weighted by molar-refractivity contribution is 7.93. The number of rotatable bonds is 10. The van der Waals surface area contributed by atoms with Crippen LogP contribution in [0.4, 0.5) is 5.95 Å². The number of nitrogens with one attached hydrogen (secondary N) is 1. The minimum Gasteiger partial charge on any atom is -0.494 e. The molecule has 2 unspecified atom stereocenters. The van der Waals surface area contributed by atoms with E-state index in [2.05, 4.69) is 24.9 Å². The lowest BCUT2D eigenvalue weighted by molar-refractivity contribution is -0.0941. The first-order valence-corrected chi connectivity index (χ1v) is 13.1. The first-order valence-electron chi connectivity index (χ1n) is 11.5. The molecule has 1 aliphatic heterocycles. The summed E-state index contributed by atoms with van der Waals surface area (Å²) in [4.78, 5) is 8.42. The predicted octanol–water partition coefficient (Wildman–Crippen LogP) is 2.10. The maximum Gasteiger partial charge on any atom is 0.243 e. The quantitative estimate of drug-likeness (QED) is 0.407. The third-order valence-electron chi connectivity index (χ3n) is 6.17. The van der Waals surface area contributed by atoms with Crippen molar-refractivity contribution in [1.29, 1.82) is 0 Å². The van der Waals surface area contributed by atoms with Crippen LogP contribution in [-0.4, -0.2) is 79.6 Å². The molecule has 0 amide bonds. The smallest absolute Gasteiger partial charge is 0.243 e. The fraction of sp³-hybridized carbons (Fsp3) is 0.478. The second-order valence-electron chi connectivity index (χ2n) is 8.29. The maximum atomic E-state index is 13.5. The van der Waals surface area contributed by atoms with Gasteiger partial charge in [-0.3, -0.25) is 14.3 Å². The number of nitrogens with zero attached hydrogens (tertiary/aromatic N) is 5. The van der Waals surface area contributed by atoms with Gasteiger partial charge >= 0.3 is 0 Å². The first-order chi connectivity index (χ1) is 17.8. The topological polar surface area (TPSA) is 149 Å². The number of para-hydroxylation sites is 1. The highest BCUT2D eigenvalue weighted by Gasteiger charge is 2.34. The normalized spacial score (nSPS) is 17.6. The monoisotopic (exact) mass is 534 g/mol. The second kappa shape index (κ2) is 11.3. The van der Waals surface area contributed by atoms with Crippen LogP contribution in [0.2, 0.25) is 0 Å². The van der Waals surface area contributed by atoms with Crippen LogP contribution >= 0.6 is 0 Å². The van der Waals surface area contributed by atoms with E-state index in [-0.39, 0.29) is 12.6 Å². The summed E-state index contributed by atoms with van der Waals surface area (Å²) >= 11 is 0. The van der Waals surface area contributed by atoms with Crippen LogP contribution in [0.1, 0.15) is 37.4 Å². The van der Waals surface area contributed by atoms with Crippen LogP contribution in [0.3, 0.4) is 0 Å². The van der Waals surface area contributed by atoms with Gasteiger partial charge in [-0.25, -0.2) is 13.4 Å². The Morgan fingerprint density at radius 2 is 1.76 bits per heavy atom. The lowest BCUT2D eigenvalue weighted by Gasteiger charge is -2.25. The Bertz CT molecular complexity index is 1290. The minimum absolute atomic E-state index is 0.0492. The van der Waals surface area contributed by atoms with Crippen LogP contribution in [0, 0.1) is 0 Å². The van der Waals surface area contributed by atoms with Crippen LogP contribution in [-0.2, 0) is 19.5 Å². The van der Waals surface area contributed by atoms with Crippen LogP contribution in [0.15, 0.2) is 30.6 Å². The molecule has 3 atom stereocenters. The number of aromatic nitrogens is 5. The molecule has 200 valence electrons. The Hall–Kier alpha value is -3.49. The van der Waals surface area contributed by atoms with E-state index in [0.717, 1.165) is 0 Å². The van der Waals surface area contributed by atoms with Gasteiger partial charge in [0.05, 0.1) is 64.5 Å². The van der Waals surface area contributed by atoms with Crippen molar-refractivity contribution < 1.29 is 32.1 Å². The Morgan fingerprint density at radius 3 is 2.32 bits per heavy atom. The lowest BCUT2D eigenvalue weighted by Crippen LogP contribution is -2.31. The molecule has 0 saturated carbocycles. The number of hydrogen-bond donors (Lipinski definition) is 1. The molecule has 1 aliphatic rings. The zero-order valence-corrected chi connectivity index (χ0v) is 22.1. The average molecular weight is 535 g/mol. The summed E-state index contributed by atoms with van der Waals surface area (Å²) in [7, 11) is 0.504. The van der Waals surface area contributed by atoms with Gasteiger partial charge in [0.1, 0.15) is 23.3 Å². The number of anilines is 1. The molecule has 13 nitrogen and oxygen atoms in total. The standard InChI is InChI=1S/C23H30N6O7S/c1-14(16-11-25-20(34-5)12-24-16)15(2)37(30,31)28-23-27-26-22(19-13-35-9-10-36-19)29(23)21-17(32-3)7-6-8-18(21)33-4/h6-8,11-12,14-15,19H,9-10,13H2,1-5H3,(H,27,28)/t14?,15?,19-/m0/s1. The average Bonchev–Trinajstić information content (AvgIpc) is 3.34. The lowest BCUT2D eigenvalue weighted by atomic mass is 10.1. The Labute approximate surface area is 215 Å². The number of sulfonamides is 1. The molecule has 0 aliphatic carbocycles. The van der Waals surface area contributed by atoms with Crippen molar-refractivity contribution in [2.45, 2.75) is 31.1 Å². The summed E-state index contributed by atoms with van der Waals surface area (Å²) in [6, 6.07) is 5.21. The minimum atomic E-state index is -3.99. The molecule has 3 heterocycles. The zero-order valence-electron chi connectivity index (χ0n) is 21.2. The Kier molecular flexibility index (Phi) is 8.10. The molecule has 37 heavy (non-hydrogen) atoms. The molecule has 0 radical (unpaired) electrons. The van der Waals surface area contributed by atoms with Gasteiger partial charge in [0.25, 0.3) is 0 Å². The van der Waals surface area contributed by atoms with Crippen LogP contribution in [0.5, 0.6) is 17.4 Å². The van der Waals surface area contributed by atoms with Gasteiger partial charge < -0.3 is 23.7 Å². The maximum absolute atomic E-state index is 13.5. The largest absolute Gasteiger partial charge is 0.494 e. The fourth-order valence-electron chi connectivity index (χ4n) is 3.88. The Balaban J connectivity index is 1.74. The summed E-state index contributed by atoms with van der Waals surface area (Å²) in [5.74, 6) is 0.973. The van der Waals surface area contributed by atoms with Gasteiger partial charge in [0.15, 0.2) is 5.82 Å². The number of hydrogen-bond acceptors (Lipinski definition) is 11. The SMILES string of the molecule is COc1cnc(C(C)C(C)S(=O)(=O)Nc2nnc([C@@H]3COCCO3)n2-c2c(OC)cccc2OC)cn1. The third kappa shape index (κ3) is 5.45. The molecule has 1 saturated heterocycles. The van der Waals surface area contributed by atoms with E-state index in [0.29, 0.717) is 47.8 Å². The van der Waals surface area contributed by atoms with Crippen molar-refractivity contribution >= 4 is 16.0 Å². The summed E-state index contributed by atoms with van der Waals surface area (Å²) < 4.78 is 58.8. The molecular formula is C23H30N6O7S. The van der Waals surface area contributed by atoms with Gasteiger partial charge in [-0.1, -0.05) is 13.0 Å². The van der Waals surface area contributed by atoms with Crippen LogP contribution in [0.25, 0.3) is 5.69 Å². The molecule has 4 rings (SSSR count). The van der Waals surface area contributed by atoms with Crippen molar-refractivity contribution in [3.8, 4) is 23.1 Å². The van der Waals surface area contributed by atoms with E-state index in [1.54, 1.807) is 32.0 Å². The van der Waals surface area contributed by atoms with Gasteiger partial charge in [0, 0.05) is 5.92 Å². The number of benzene rings is 1. The summed E-state index contributed by atoms with van der Waals surface area (Å²) in [5, 5.41) is 7.53. The van der Waals surface area contributed by atoms with E-state index >= 15 is 0 Å². The third-order valence-corrected chi connectivity index (χ3v) is 8.02. The van der Waals surface area contributed by atoms with Crippen molar-refractivity contribution in [3.63, 3.8) is 0 Å². The van der Waals surface area contributed by atoms with Crippen molar-refractivity contribution in [3.05, 3.63) is 42.1 Å². The highest BCUT2D eigenvalue weighted by atomic mass is 32.2. The molecular weight excluding hydrogens is 504 g/mol. The molecule has 0 spiro atoms. The van der Waals surface area contributed by atoms with Gasteiger partial charge in [-0.15, -0.1) is 10.2 Å². The van der Waals surface area contributed by atoms with Gasteiger partial charge in [-0.2, -0.15) is 0 Å². The van der Waals surface area contributed by atoms with Crippen molar-refractivity contribution in [1.82, 2.24) is 24.7 Å². The van der Waals surface area contributed by atoms with Gasteiger partial charge in [-0.05, 0) is 19.1 Å². The summed E-state index contributed by atoms with van der Waals surface area (Å²) in [5.41, 5.74) is 0.918. The van der Waals surface area contributed by atoms with Gasteiger partial charge in [0.2, 0.25) is 21.9 Å².